The van der Waals surface area contributed by atoms with Crippen molar-refractivity contribution in [2.45, 2.75) is 19.2 Å². The van der Waals surface area contributed by atoms with Crippen LogP contribution in [0.5, 0.6) is 0 Å². The summed E-state index contributed by atoms with van der Waals surface area (Å²) >= 11 is 0. The van der Waals surface area contributed by atoms with Crippen molar-refractivity contribution >= 4 is 0 Å². The highest BCUT2D eigenvalue weighted by Gasteiger charge is 2.12. The smallest absolute Gasteiger partial charge is 0.204 e. The number of hydrogen-bond acceptors (Lipinski definition) is 5. The highest BCUT2D eigenvalue weighted by Crippen LogP contribution is 2.12. The minimum Gasteiger partial charge on any atom is -0.390 e. The van der Waals surface area contributed by atoms with E-state index < -0.39 is 6.10 Å². The van der Waals surface area contributed by atoms with Crippen molar-refractivity contribution in [3.8, 4) is 11.4 Å². The van der Waals surface area contributed by atoms with Crippen molar-refractivity contribution in [2.75, 3.05) is 13.6 Å². The molecule has 0 aliphatic heterocycles. The standard InChI is InChI=1S/C18H21N5O/c1-22(12-15-8-4-2-5-9-15)13-17(24)14-23-20-18(19-21-23)16-10-6-3-7-11-16/h2-11,17,24H,12-14H2,1H3/t17-/m1/s1. The van der Waals surface area contributed by atoms with Crippen LogP contribution in [0.4, 0.5) is 0 Å². The zero-order chi connectivity index (χ0) is 16.8. The lowest BCUT2D eigenvalue weighted by molar-refractivity contribution is 0.0989. The lowest BCUT2D eigenvalue weighted by Crippen LogP contribution is -2.32. The molecule has 24 heavy (non-hydrogen) atoms. The van der Waals surface area contributed by atoms with E-state index in [4.69, 9.17) is 0 Å². The fourth-order valence-electron chi connectivity index (χ4n) is 2.59. The van der Waals surface area contributed by atoms with Gasteiger partial charge in [0.15, 0.2) is 0 Å². The number of nitrogens with zero attached hydrogens (tertiary/aromatic N) is 5. The monoisotopic (exact) mass is 323 g/mol. The van der Waals surface area contributed by atoms with Gasteiger partial charge in [-0.3, -0.25) is 4.90 Å². The predicted octanol–water partition coefficient (Wildman–Crippen LogP) is 1.83. The highest BCUT2D eigenvalue weighted by molar-refractivity contribution is 5.52. The van der Waals surface area contributed by atoms with Gasteiger partial charge in [-0.1, -0.05) is 60.7 Å². The van der Waals surface area contributed by atoms with Crippen LogP contribution in [0.25, 0.3) is 11.4 Å². The molecule has 124 valence electrons. The first-order valence-corrected chi connectivity index (χ1v) is 7.94. The first kappa shape index (κ1) is 16.3. The van der Waals surface area contributed by atoms with Crippen LogP contribution in [0.3, 0.4) is 0 Å². The molecule has 0 saturated carbocycles. The van der Waals surface area contributed by atoms with Crippen molar-refractivity contribution in [3.63, 3.8) is 0 Å². The van der Waals surface area contributed by atoms with Gasteiger partial charge in [-0.15, -0.1) is 10.2 Å². The van der Waals surface area contributed by atoms with E-state index in [2.05, 4.69) is 32.4 Å². The molecule has 2 aromatic carbocycles. The van der Waals surface area contributed by atoms with Gasteiger partial charge in [0.1, 0.15) is 0 Å². The van der Waals surface area contributed by atoms with Crippen molar-refractivity contribution in [2.24, 2.45) is 0 Å². The van der Waals surface area contributed by atoms with E-state index in [1.807, 2.05) is 55.6 Å². The fraction of sp³-hybridized carbons (Fsp3) is 0.278. The second-order valence-electron chi connectivity index (χ2n) is 5.87. The summed E-state index contributed by atoms with van der Waals surface area (Å²) in [6.07, 6.45) is -0.559. The van der Waals surface area contributed by atoms with Gasteiger partial charge in [0, 0.05) is 18.7 Å². The molecule has 6 nitrogen and oxygen atoms in total. The Balaban J connectivity index is 1.53. The molecule has 1 heterocycles. The van der Waals surface area contributed by atoms with Crippen LogP contribution >= 0.6 is 0 Å². The molecule has 0 bridgehead atoms. The number of likely N-dealkylation sites (N-methyl/N-ethyl adjacent to an activating group) is 1. The van der Waals surface area contributed by atoms with Gasteiger partial charge in [0.05, 0.1) is 12.6 Å². The molecule has 1 N–H and O–H groups in total. The molecule has 6 heteroatoms. The van der Waals surface area contributed by atoms with Gasteiger partial charge in [0.25, 0.3) is 0 Å². The molecular weight excluding hydrogens is 302 g/mol. The predicted molar refractivity (Wildman–Crippen MR) is 92.0 cm³/mol. The van der Waals surface area contributed by atoms with Crippen molar-refractivity contribution in [1.82, 2.24) is 25.1 Å². The van der Waals surface area contributed by atoms with E-state index in [9.17, 15) is 5.11 Å². The Morgan fingerprint density at radius 3 is 2.42 bits per heavy atom. The number of tetrazole rings is 1. The fourth-order valence-corrected chi connectivity index (χ4v) is 2.59. The number of aliphatic hydroxyl groups excluding tert-OH is 1. The van der Waals surface area contributed by atoms with Crippen molar-refractivity contribution in [1.29, 1.82) is 0 Å². The molecule has 0 saturated heterocycles. The first-order chi connectivity index (χ1) is 11.7. The summed E-state index contributed by atoms with van der Waals surface area (Å²) in [6, 6.07) is 19.9. The number of hydrogen-bond donors (Lipinski definition) is 1. The second kappa shape index (κ2) is 7.81. The largest absolute Gasteiger partial charge is 0.390 e. The maximum Gasteiger partial charge on any atom is 0.204 e. The minimum atomic E-state index is -0.559. The van der Waals surface area contributed by atoms with E-state index in [1.54, 1.807) is 0 Å². The maximum atomic E-state index is 10.3. The van der Waals surface area contributed by atoms with Gasteiger partial charge < -0.3 is 5.11 Å². The highest BCUT2D eigenvalue weighted by atomic mass is 16.3. The van der Waals surface area contributed by atoms with Crippen LogP contribution in [0.15, 0.2) is 60.7 Å². The summed E-state index contributed by atoms with van der Waals surface area (Å²) in [4.78, 5) is 3.53. The van der Waals surface area contributed by atoms with E-state index in [1.165, 1.54) is 10.4 Å². The third-order valence-electron chi connectivity index (χ3n) is 3.68. The topological polar surface area (TPSA) is 67.1 Å². The molecule has 0 fully saturated rings. The summed E-state index contributed by atoms with van der Waals surface area (Å²) in [5.74, 6) is 0.570. The molecule has 0 spiro atoms. The van der Waals surface area contributed by atoms with Crippen LogP contribution in [0, 0.1) is 0 Å². The normalized spacial score (nSPS) is 12.5. The summed E-state index contributed by atoms with van der Waals surface area (Å²) in [6.45, 7) is 1.65. The molecular formula is C18H21N5O. The Bertz CT molecular complexity index is 744. The summed E-state index contributed by atoms with van der Waals surface area (Å²) < 4.78 is 0. The van der Waals surface area contributed by atoms with Crippen LogP contribution in [-0.2, 0) is 13.1 Å². The van der Waals surface area contributed by atoms with Crippen molar-refractivity contribution in [3.05, 3.63) is 66.2 Å². The average molecular weight is 323 g/mol. The SMILES string of the molecule is CN(Cc1ccccc1)C[C@@H](O)Cn1nnc(-c2ccccc2)n1. The lowest BCUT2D eigenvalue weighted by atomic mass is 10.2. The molecule has 3 rings (SSSR count). The third-order valence-corrected chi connectivity index (χ3v) is 3.68. The molecule has 0 radical (unpaired) electrons. The van der Waals surface area contributed by atoms with Gasteiger partial charge in [-0.05, 0) is 17.8 Å². The van der Waals surface area contributed by atoms with Gasteiger partial charge in [-0.25, -0.2) is 0 Å². The van der Waals surface area contributed by atoms with Gasteiger partial charge in [0.2, 0.25) is 5.82 Å². The lowest BCUT2D eigenvalue weighted by Gasteiger charge is -2.20. The summed E-state index contributed by atoms with van der Waals surface area (Å²) in [7, 11) is 1.99. The van der Waals surface area contributed by atoms with Gasteiger partial charge >= 0.3 is 0 Å². The summed E-state index contributed by atoms with van der Waals surface area (Å²) in [5.41, 5.74) is 2.14. The van der Waals surface area contributed by atoms with Crippen LogP contribution in [-0.4, -0.2) is 49.9 Å². The molecule has 0 aliphatic rings. The number of rotatable bonds is 7. The Labute approximate surface area is 141 Å². The number of aromatic nitrogens is 4. The van der Waals surface area contributed by atoms with Crippen molar-refractivity contribution < 1.29 is 5.11 Å². The summed E-state index contributed by atoms with van der Waals surface area (Å²) in [5, 5.41) is 22.7. The van der Waals surface area contributed by atoms with Crippen LogP contribution in [0.2, 0.25) is 0 Å². The molecule has 1 atom stereocenters. The van der Waals surface area contributed by atoms with Gasteiger partial charge in [-0.2, -0.15) is 4.80 Å². The molecule has 1 aromatic heterocycles. The van der Waals surface area contributed by atoms with E-state index in [-0.39, 0.29) is 0 Å². The molecule has 0 unspecified atom stereocenters. The third kappa shape index (κ3) is 4.47. The molecule has 0 amide bonds. The molecule has 3 aromatic rings. The minimum absolute atomic E-state index is 0.318. The van der Waals surface area contributed by atoms with E-state index in [0.717, 1.165) is 12.1 Å². The Morgan fingerprint density at radius 1 is 1.04 bits per heavy atom. The van der Waals surface area contributed by atoms with E-state index >= 15 is 0 Å². The molecule has 0 aliphatic carbocycles. The average Bonchev–Trinajstić information content (AvgIpc) is 3.04. The quantitative estimate of drug-likeness (QED) is 0.718. The zero-order valence-corrected chi connectivity index (χ0v) is 13.7. The second-order valence-corrected chi connectivity index (χ2v) is 5.87. The number of benzene rings is 2. The maximum absolute atomic E-state index is 10.3. The van der Waals surface area contributed by atoms with Crippen LogP contribution in [0.1, 0.15) is 5.56 Å². The van der Waals surface area contributed by atoms with Crippen LogP contribution < -0.4 is 0 Å². The zero-order valence-electron chi connectivity index (χ0n) is 13.7. The Kier molecular flexibility index (Phi) is 5.30. The first-order valence-electron chi connectivity index (χ1n) is 7.94. The number of aliphatic hydroxyl groups is 1. The Hall–Kier alpha value is -2.57. The van der Waals surface area contributed by atoms with E-state index in [0.29, 0.717) is 18.9 Å². The Morgan fingerprint density at radius 2 is 1.71 bits per heavy atom.